The number of aromatic nitrogens is 2. The number of rotatable bonds is 3. The molecule has 0 unspecified atom stereocenters. The molecule has 4 nitrogen and oxygen atoms in total. The minimum Gasteiger partial charge on any atom is -0.345 e. The molecule has 1 saturated carbocycles. The molecule has 0 aromatic carbocycles. The first-order chi connectivity index (χ1) is 12.7. The van der Waals surface area contributed by atoms with E-state index in [2.05, 4.69) is 39.5 Å². The van der Waals surface area contributed by atoms with Crippen molar-refractivity contribution >= 4 is 11.6 Å². The van der Waals surface area contributed by atoms with Crippen molar-refractivity contribution < 1.29 is 4.79 Å². The monoisotopic (exact) mass is 347 g/mol. The maximum atomic E-state index is 12.9. The largest absolute Gasteiger partial charge is 0.345 e. The number of carbonyl (C=O) groups is 1. The highest BCUT2D eigenvalue weighted by atomic mass is 16.1. The van der Waals surface area contributed by atoms with Gasteiger partial charge in [-0.2, -0.15) is 0 Å². The normalized spacial score (nSPS) is 23.5. The predicted molar refractivity (Wildman–Crippen MR) is 104 cm³/mol. The lowest BCUT2D eigenvalue weighted by molar-refractivity contribution is 0.0942. The summed E-state index contributed by atoms with van der Waals surface area (Å²) in [7, 11) is 0. The van der Waals surface area contributed by atoms with Crippen LogP contribution in [-0.4, -0.2) is 21.3 Å². The maximum absolute atomic E-state index is 12.9. The van der Waals surface area contributed by atoms with Crippen molar-refractivity contribution in [1.29, 1.82) is 0 Å². The molecule has 2 aliphatic rings. The molecular weight excluding hydrogens is 322 g/mol. The molecule has 26 heavy (non-hydrogen) atoms. The van der Waals surface area contributed by atoms with Gasteiger partial charge >= 0.3 is 0 Å². The summed E-state index contributed by atoms with van der Waals surface area (Å²) < 4.78 is 2.07. The van der Waals surface area contributed by atoms with E-state index in [1.807, 2.05) is 30.6 Å². The van der Waals surface area contributed by atoms with Crippen molar-refractivity contribution in [3.63, 3.8) is 0 Å². The topological polar surface area (TPSA) is 46.4 Å². The van der Waals surface area contributed by atoms with Crippen LogP contribution in [-0.2, 0) is 0 Å². The zero-order valence-corrected chi connectivity index (χ0v) is 15.0. The summed E-state index contributed by atoms with van der Waals surface area (Å²) in [5, 5.41) is 3.18. The lowest BCUT2D eigenvalue weighted by Gasteiger charge is -2.19. The molecule has 2 aromatic rings. The minimum atomic E-state index is -0.0694. The summed E-state index contributed by atoms with van der Waals surface area (Å²) >= 11 is 0. The van der Waals surface area contributed by atoms with Gasteiger partial charge in [-0.3, -0.25) is 4.79 Å². The van der Waals surface area contributed by atoms with Crippen LogP contribution in [0.3, 0.4) is 0 Å². The standard InChI is InChI=1S/C22H25N3O/c1-16-8-6-4-2-3-5-7-9-19(16)24-22(26)18-13-15-25-20(17-10-11-17)12-14-23-21(18)25/h2,4,6,8,12-15,17,19H,1,3,5,7,9-11H2,(H,24,26)/b4-2-,8-6-/t19-/m0/s1. The van der Waals surface area contributed by atoms with Crippen LogP contribution in [0.2, 0.25) is 0 Å². The zero-order valence-electron chi connectivity index (χ0n) is 15.0. The second-order valence-corrected chi connectivity index (χ2v) is 7.24. The van der Waals surface area contributed by atoms with Crippen LogP contribution < -0.4 is 5.32 Å². The first-order valence-corrected chi connectivity index (χ1v) is 9.53. The Labute approximate surface area is 154 Å². The SMILES string of the molecule is C=C1/C=C\C=C/CCCC[C@@H]1NC(=O)c1ccn2c(C3CC3)ccnc12. The van der Waals surface area contributed by atoms with Crippen molar-refractivity contribution in [1.82, 2.24) is 14.7 Å². The van der Waals surface area contributed by atoms with E-state index in [4.69, 9.17) is 0 Å². The van der Waals surface area contributed by atoms with E-state index in [9.17, 15) is 4.79 Å². The molecule has 1 amide bonds. The molecule has 0 saturated heterocycles. The van der Waals surface area contributed by atoms with Crippen LogP contribution in [0.15, 0.2) is 61.0 Å². The van der Waals surface area contributed by atoms with E-state index >= 15 is 0 Å². The average molecular weight is 347 g/mol. The highest BCUT2D eigenvalue weighted by Gasteiger charge is 2.27. The van der Waals surface area contributed by atoms with Crippen LogP contribution in [0.25, 0.3) is 5.65 Å². The Kier molecular flexibility index (Phi) is 4.74. The van der Waals surface area contributed by atoms with Gasteiger partial charge in [0.1, 0.15) is 5.65 Å². The summed E-state index contributed by atoms with van der Waals surface area (Å²) in [5.74, 6) is 0.542. The van der Waals surface area contributed by atoms with Gasteiger partial charge in [-0.25, -0.2) is 4.98 Å². The molecule has 134 valence electrons. The van der Waals surface area contributed by atoms with E-state index in [1.165, 1.54) is 18.5 Å². The summed E-state index contributed by atoms with van der Waals surface area (Å²) in [6.45, 7) is 4.16. The predicted octanol–water partition coefficient (Wildman–Crippen LogP) is 4.55. The van der Waals surface area contributed by atoms with Gasteiger partial charge in [0.15, 0.2) is 0 Å². The number of hydrogen-bond donors (Lipinski definition) is 1. The first-order valence-electron chi connectivity index (χ1n) is 9.53. The third-order valence-electron chi connectivity index (χ3n) is 5.24. The quantitative estimate of drug-likeness (QED) is 0.885. The Morgan fingerprint density at radius 1 is 1.19 bits per heavy atom. The zero-order chi connectivity index (χ0) is 17.9. The smallest absolute Gasteiger partial charge is 0.255 e. The first kappa shape index (κ1) is 16.8. The molecule has 0 aliphatic heterocycles. The molecule has 0 bridgehead atoms. The number of nitrogens with one attached hydrogen (secondary N) is 1. The van der Waals surface area contributed by atoms with Gasteiger partial charge in [-0.05, 0) is 55.7 Å². The summed E-state index contributed by atoms with van der Waals surface area (Å²) in [4.78, 5) is 17.4. The second kappa shape index (κ2) is 7.32. The van der Waals surface area contributed by atoms with Crippen molar-refractivity contribution in [2.45, 2.75) is 50.5 Å². The molecule has 1 atom stereocenters. The Balaban J connectivity index is 1.56. The van der Waals surface area contributed by atoms with Gasteiger partial charge in [0.05, 0.1) is 11.6 Å². The number of hydrogen-bond acceptors (Lipinski definition) is 2. The molecule has 4 heteroatoms. The maximum Gasteiger partial charge on any atom is 0.255 e. The van der Waals surface area contributed by atoms with Crippen LogP contribution in [0.1, 0.15) is 60.5 Å². The second-order valence-electron chi connectivity index (χ2n) is 7.24. The molecule has 1 N–H and O–H groups in total. The summed E-state index contributed by atoms with van der Waals surface area (Å²) in [6.07, 6.45) is 18.7. The average Bonchev–Trinajstić information content (AvgIpc) is 3.40. The number of allylic oxidation sites excluding steroid dienone is 3. The van der Waals surface area contributed by atoms with Crippen LogP contribution in [0, 0.1) is 0 Å². The summed E-state index contributed by atoms with van der Waals surface area (Å²) in [5.41, 5.74) is 3.59. The lowest BCUT2D eigenvalue weighted by Crippen LogP contribution is -2.35. The molecule has 2 aromatic heterocycles. The fraction of sp³-hybridized carbons (Fsp3) is 0.364. The van der Waals surface area contributed by atoms with Gasteiger partial charge in [-0.15, -0.1) is 0 Å². The molecule has 4 rings (SSSR count). The number of carbonyl (C=O) groups excluding carboxylic acids is 1. The van der Waals surface area contributed by atoms with E-state index < -0.39 is 0 Å². The number of fused-ring (bicyclic) bond motifs is 1. The Bertz CT molecular complexity index is 886. The third kappa shape index (κ3) is 3.50. The van der Waals surface area contributed by atoms with Gasteiger partial charge in [-0.1, -0.05) is 37.3 Å². The van der Waals surface area contributed by atoms with Crippen molar-refractivity contribution in [3.8, 4) is 0 Å². The minimum absolute atomic E-state index is 0.0354. The number of nitrogens with zero attached hydrogens (tertiary/aromatic N) is 2. The van der Waals surface area contributed by atoms with Crippen molar-refractivity contribution in [2.24, 2.45) is 0 Å². The Hall–Kier alpha value is -2.62. The van der Waals surface area contributed by atoms with Crippen LogP contribution in [0.4, 0.5) is 0 Å². The van der Waals surface area contributed by atoms with E-state index in [0.717, 1.165) is 36.9 Å². The molecular formula is C22H25N3O. The van der Waals surface area contributed by atoms with E-state index in [1.54, 1.807) is 0 Å². The fourth-order valence-electron chi connectivity index (χ4n) is 3.58. The highest BCUT2D eigenvalue weighted by Crippen LogP contribution is 2.40. The van der Waals surface area contributed by atoms with Crippen molar-refractivity contribution in [3.05, 3.63) is 72.2 Å². The van der Waals surface area contributed by atoms with E-state index in [-0.39, 0.29) is 11.9 Å². The Morgan fingerprint density at radius 2 is 2.08 bits per heavy atom. The van der Waals surface area contributed by atoms with Gasteiger partial charge in [0.2, 0.25) is 0 Å². The fourth-order valence-corrected chi connectivity index (χ4v) is 3.58. The molecule has 0 radical (unpaired) electrons. The van der Waals surface area contributed by atoms with Gasteiger partial charge in [0.25, 0.3) is 5.91 Å². The van der Waals surface area contributed by atoms with Gasteiger partial charge < -0.3 is 9.72 Å². The lowest BCUT2D eigenvalue weighted by atomic mass is 9.99. The molecule has 2 heterocycles. The van der Waals surface area contributed by atoms with Crippen molar-refractivity contribution in [2.75, 3.05) is 0 Å². The van der Waals surface area contributed by atoms with Gasteiger partial charge in [0, 0.05) is 18.1 Å². The molecule has 1 fully saturated rings. The molecule has 2 aliphatic carbocycles. The van der Waals surface area contributed by atoms with Crippen LogP contribution in [0.5, 0.6) is 0 Å². The van der Waals surface area contributed by atoms with E-state index in [0.29, 0.717) is 11.5 Å². The van der Waals surface area contributed by atoms with Crippen LogP contribution >= 0.6 is 0 Å². The molecule has 0 spiro atoms. The third-order valence-corrected chi connectivity index (χ3v) is 5.24. The summed E-state index contributed by atoms with van der Waals surface area (Å²) in [6, 6.07) is 3.91. The number of amides is 1. The highest BCUT2D eigenvalue weighted by molar-refractivity contribution is 6.00. The Morgan fingerprint density at radius 3 is 2.92 bits per heavy atom.